The molecule has 1 aromatic carbocycles. The predicted octanol–water partition coefficient (Wildman–Crippen LogP) is 2.29. The molecule has 1 N–H and O–H groups in total. The van der Waals surface area contributed by atoms with Gasteiger partial charge in [-0.3, -0.25) is 0 Å². The van der Waals surface area contributed by atoms with Gasteiger partial charge < -0.3 is 14.8 Å². The molecule has 1 heterocycles. The summed E-state index contributed by atoms with van der Waals surface area (Å²) >= 11 is 5.62. The Kier molecular flexibility index (Phi) is 3.81. The summed E-state index contributed by atoms with van der Waals surface area (Å²) in [7, 11) is 1.28. The van der Waals surface area contributed by atoms with Crippen molar-refractivity contribution in [1.82, 2.24) is 5.32 Å². The minimum atomic E-state index is -0.696. The molecule has 0 radical (unpaired) electrons. The number of ether oxygens (including phenoxy) is 2. The van der Waals surface area contributed by atoms with E-state index in [0.717, 1.165) is 6.07 Å². The van der Waals surface area contributed by atoms with Crippen molar-refractivity contribution in [2.75, 3.05) is 26.8 Å². The van der Waals surface area contributed by atoms with E-state index in [9.17, 15) is 8.78 Å². The van der Waals surface area contributed by atoms with E-state index in [1.54, 1.807) is 0 Å². The summed E-state index contributed by atoms with van der Waals surface area (Å²) in [4.78, 5) is 0. The number of rotatable bonds is 2. The number of morpholine rings is 1. The number of benzene rings is 1. The highest BCUT2D eigenvalue weighted by Gasteiger charge is 2.27. The molecule has 1 fully saturated rings. The van der Waals surface area contributed by atoms with Crippen LogP contribution in [0.3, 0.4) is 0 Å². The van der Waals surface area contributed by atoms with Crippen molar-refractivity contribution in [1.29, 1.82) is 0 Å². The number of methoxy groups -OCH3 is 1. The predicted molar refractivity (Wildman–Crippen MR) is 59.5 cm³/mol. The largest absolute Gasteiger partial charge is 0.493 e. The molecular weight excluding hydrogens is 252 g/mol. The van der Waals surface area contributed by atoms with Crippen LogP contribution in [0.5, 0.6) is 5.75 Å². The molecule has 0 aromatic heterocycles. The lowest BCUT2D eigenvalue weighted by Crippen LogP contribution is -2.34. The first-order valence-electron chi connectivity index (χ1n) is 5.19. The highest BCUT2D eigenvalue weighted by atomic mass is 35.5. The first-order valence-corrected chi connectivity index (χ1v) is 5.56. The zero-order valence-electron chi connectivity index (χ0n) is 9.23. The van der Waals surface area contributed by atoms with Crippen LogP contribution in [-0.2, 0) is 4.74 Å². The minimum Gasteiger partial charge on any atom is -0.493 e. The second-order valence-corrected chi connectivity index (χ2v) is 4.07. The molecule has 94 valence electrons. The number of nitrogens with one attached hydrogen (secondary N) is 1. The van der Waals surface area contributed by atoms with E-state index in [2.05, 4.69) is 5.32 Å². The summed E-state index contributed by atoms with van der Waals surface area (Å²) < 4.78 is 37.8. The van der Waals surface area contributed by atoms with Crippen LogP contribution in [0, 0.1) is 11.6 Å². The van der Waals surface area contributed by atoms with Crippen LogP contribution >= 0.6 is 11.6 Å². The molecular formula is C11H12ClF2NO2. The van der Waals surface area contributed by atoms with Gasteiger partial charge in [-0.05, 0) is 6.07 Å². The molecule has 0 spiro atoms. The second-order valence-electron chi connectivity index (χ2n) is 3.66. The van der Waals surface area contributed by atoms with Crippen molar-refractivity contribution in [3.63, 3.8) is 0 Å². The zero-order chi connectivity index (χ0) is 12.4. The van der Waals surface area contributed by atoms with E-state index in [1.165, 1.54) is 7.11 Å². The van der Waals surface area contributed by atoms with Crippen molar-refractivity contribution >= 4 is 11.6 Å². The average Bonchev–Trinajstić information content (AvgIpc) is 2.34. The topological polar surface area (TPSA) is 30.5 Å². The van der Waals surface area contributed by atoms with E-state index >= 15 is 0 Å². The summed E-state index contributed by atoms with van der Waals surface area (Å²) in [5.41, 5.74) is 0.0321. The molecule has 0 aliphatic carbocycles. The lowest BCUT2D eigenvalue weighted by molar-refractivity contribution is 0.0237. The summed E-state index contributed by atoms with van der Waals surface area (Å²) in [5.74, 6) is -1.54. The Morgan fingerprint density at radius 1 is 1.53 bits per heavy atom. The van der Waals surface area contributed by atoms with E-state index in [4.69, 9.17) is 21.1 Å². The summed E-state index contributed by atoms with van der Waals surface area (Å²) in [6, 6.07) is 0.898. The van der Waals surface area contributed by atoms with E-state index in [-0.39, 0.29) is 16.3 Å². The van der Waals surface area contributed by atoms with Crippen LogP contribution in [0.15, 0.2) is 6.07 Å². The molecule has 0 saturated carbocycles. The monoisotopic (exact) mass is 263 g/mol. The van der Waals surface area contributed by atoms with Crippen LogP contribution < -0.4 is 10.1 Å². The summed E-state index contributed by atoms with van der Waals surface area (Å²) in [5, 5.41) is 2.77. The van der Waals surface area contributed by atoms with Gasteiger partial charge in [-0.2, -0.15) is 0 Å². The van der Waals surface area contributed by atoms with Gasteiger partial charge in [0, 0.05) is 13.1 Å². The van der Waals surface area contributed by atoms with Gasteiger partial charge in [-0.1, -0.05) is 11.6 Å². The van der Waals surface area contributed by atoms with Crippen molar-refractivity contribution in [3.05, 3.63) is 28.3 Å². The molecule has 1 unspecified atom stereocenters. The molecule has 2 rings (SSSR count). The minimum absolute atomic E-state index is 0.0321. The maximum absolute atomic E-state index is 13.9. The number of hydrogen-bond donors (Lipinski definition) is 1. The average molecular weight is 264 g/mol. The van der Waals surface area contributed by atoms with Gasteiger partial charge in [-0.25, -0.2) is 8.78 Å². The molecule has 1 saturated heterocycles. The lowest BCUT2D eigenvalue weighted by Gasteiger charge is -2.26. The number of halogens is 3. The fourth-order valence-electron chi connectivity index (χ4n) is 1.84. The lowest BCUT2D eigenvalue weighted by atomic mass is 10.1. The van der Waals surface area contributed by atoms with Crippen molar-refractivity contribution in [2.45, 2.75) is 6.10 Å². The zero-order valence-corrected chi connectivity index (χ0v) is 9.98. The molecule has 6 heteroatoms. The standard InChI is InChI=1S/C11H12ClF2NO2/c1-16-11-7(13)4-6(12)10(14)9(11)8-5-15-2-3-17-8/h4,8,15H,2-3,5H2,1H3. The number of hydrogen-bond acceptors (Lipinski definition) is 3. The van der Waals surface area contributed by atoms with Gasteiger partial charge in [0.05, 0.1) is 24.3 Å². The van der Waals surface area contributed by atoms with E-state index in [0.29, 0.717) is 19.7 Å². The van der Waals surface area contributed by atoms with E-state index in [1.807, 2.05) is 0 Å². The maximum atomic E-state index is 13.9. The van der Waals surface area contributed by atoms with Crippen molar-refractivity contribution in [3.8, 4) is 5.75 Å². The smallest absolute Gasteiger partial charge is 0.167 e. The highest BCUT2D eigenvalue weighted by Crippen LogP contribution is 2.36. The molecule has 0 amide bonds. The third kappa shape index (κ3) is 2.36. The van der Waals surface area contributed by atoms with Gasteiger partial charge in [0.2, 0.25) is 0 Å². The SMILES string of the molecule is COc1c(F)cc(Cl)c(F)c1C1CNCCO1. The third-order valence-corrected chi connectivity index (χ3v) is 2.89. The van der Waals surface area contributed by atoms with Crippen LogP contribution in [0.4, 0.5) is 8.78 Å². The van der Waals surface area contributed by atoms with Gasteiger partial charge in [-0.15, -0.1) is 0 Å². The molecule has 1 aromatic rings. The van der Waals surface area contributed by atoms with Gasteiger partial charge in [0.25, 0.3) is 0 Å². The Hall–Kier alpha value is -0.910. The summed E-state index contributed by atoms with van der Waals surface area (Å²) in [6.07, 6.45) is -0.591. The van der Waals surface area contributed by atoms with Gasteiger partial charge >= 0.3 is 0 Å². The van der Waals surface area contributed by atoms with Crippen LogP contribution in [-0.4, -0.2) is 26.8 Å². The molecule has 1 atom stereocenters. The fourth-order valence-corrected chi connectivity index (χ4v) is 2.04. The van der Waals surface area contributed by atoms with Gasteiger partial charge in [0.1, 0.15) is 6.10 Å². The van der Waals surface area contributed by atoms with Crippen molar-refractivity contribution in [2.24, 2.45) is 0 Å². The molecule has 17 heavy (non-hydrogen) atoms. The Morgan fingerprint density at radius 2 is 2.29 bits per heavy atom. The quantitative estimate of drug-likeness (QED) is 0.831. The van der Waals surface area contributed by atoms with Crippen molar-refractivity contribution < 1.29 is 18.3 Å². The maximum Gasteiger partial charge on any atom is 0.167 e. The Bertz CT molecular complexity index is 422. The van der Waals surface area contributed by atoms with Crippen LogP contribution in [0.1, 0.15) is 11.7 Å². The third-order valence-electron chi connectivity index (χ3n) is 2.61. The normalized spacial score (nSPS) is 20.4. The molecule has 0 bridgehead atoms. The Morgan fingerprint density at radius 3 is 2.88 bits per heavy atom. The fraction of sp³-hybridized carbons (Fsp3) is 0.455. The highest BCUT2D eigenvalue weighted by molar-refractivity contribution is 6.30. The summed E-state index contributed by atoms with van der Waals surface area (Å²) in [6.45, 7) is 1.51. The molecule has 1 aliphatic heterocycles. The van der Waals surface area contributed by atoms with Crippen LogP contribution in [0.25, 0.3) is 0 Å². The van der Waals surface area contributed by atoms with E-state index < -0.39 is 17.7 Å². The molecule has 1 aliphatic rings. The van der Waals surface area contributed by atoms with Gasteiger partial charge in [0.15, 0.2) is 17.4 Å². The Balaban J connectivity index is 2.48. The second kappa shape index (κ2) is 5.16. The molecule has 3 nitrogen and oxygen atoms in total. The first-order chi connectivity index (χ1) is 8.15. The van der Waals surface area contributed by atoms with Crippen LogP contribution in [0.2, 0.25) is 5.02 Å². The first kappa shape index (κ1) is 12.5. The Labute approximate surface area is 103 Å².